The lowest BCUT2D eigenvalue weighted by molar-refractivity contribution is 0.607. The molecule has 0 radical (unpaired) electrons. The summed E-state index contributed by atoms with van der Waals surface area (Å²) in [4.78, 5) is 8.93. The highest BCUT2D eigenvalue weighted by Gasteiger charge is 2.48. The maximum absolute atomic E-state index is 5.85. The smallest absolute Gasteiger partial charge is 0.141 e. The minimum atomic E-state index is 0.352. The highest BCUT2D eigenvalue weighted by atomic mass is 79.9. The molecule has 1 fully saturated rings. The summed E-state index contributed by atoms with van der Waals surface area (Å²) < 4.78 is 0.854. The maximum Gasteiger partial charge on any atom is 0.141 e. The average molecular weight is 270 g/mol. The molecule has 15 heavy (non-hydrogen) atoms. The van der Waals surface area contributed by atoms with Gasteiger partial charge in [0.2, 0.25) is 0 Å². The Balaban J connectivity index is 2.39. The zero-order valence-corrected chi connectivity index (χ0v) is 10.9. The van der Waals surface area contributed by atoms with E-state index in [0.717, 1.165) is 28.8 Å². The van der Waals surface area contributed by atoms with Crippen LogP contribution in [0.25, 0.3) is 0 Å². The first kappa shape index (κ1) is 10.9. The molecule has 1 aromatic heterocycles. The lowest BCUT2D eigenvalue weighted by Gasteiger charge is -2.08. The van der Waals surface area contributed by atoms with Gasteiger partial charge >= 0.3 is 0 Å². The SMILES string of the molecule is CCc1nc(C2CC2(C)C)nc(N)c1Br. The molecule has 2 rings (SSSR count). The molecule has 1 saturated carbocycles. The molecule has 0 aliphatic heterocycles. The topological polar surface area (TPSA) is 51.8 Å². The van der Waals surface area contributed by atoms with Crippen molar-refractivity contribution in [3.8, 4) is 0 Å². The van der Waals surface area contributed by atoms with Crippen molar-refractivity contribution in [1.82, 2.24) is 9.97 Å². The third-order valence-corrected chi connectivity index (χ3v) is 3.99. The third kappa shape index (κ3) is 1.87. The summed E-state index contributed by atoms with van der Waals surface area (Å²) in [5, 5.41) is 0. The van der Waals surface area contributed by atoms with Gasteiger partial charge in [-0.25, -0.2) is 9.97 Å². The number of rotatable bonds is 2. The van der Waals surface area contributed by atoms with Gasteiger partial charge in [-0.1, -0.05) is 20.8 Å². The summed E-state index contributed by atoms with van der Waals surface area (Å²) in [7, 11) is 0. The number of aryl methyl sites for hydroxylation is 1. The van der Waals surface area contributed by atoms with E-state index in [1.807, 2.05) is 0 Å². The number of nitrogen functional groups attached to an aromatic ring is 1. The van der Waals surface area contributed by atoms with Crippen LogP contribution in [0.1, 0.15) is 44.6 Å². The van der Waals surface area contributed by atoms with Gasteiger partial charge in [0.15, 0.2) is 0 Å². The van der Waals surface area contributed by atoms with Crippen LogP contribution in [0.2, 0.25) is 0 Å². The Morgan fingerprint density at radius 3 is 2.53 bits per heavy atom. The summed E-state index contributed by atoms with van der Waals surface area (Å²) in [6.45, 7) is 6.56. The van der Waals surface area contributed by atoms with Crippen molar-refractivity contribution in [1.29, 1.82) is 0 Å². The van der Waals surface area contributed by atoms with E-state index in [2.05, 4.69) is 46.7 Å². The van der Waals surface area contributed by atoms with Crippen molar-refractivity contribution in [2.45, 2.75) is 39.5 Å². The standard InChI is InChI=1S/C11H16BrN3/c1-4-7-8(12)9(13)15-10(14-7)6-5-11(6,2)3/h6H,4-5H2,1-3H3,(H2,13,14,15). The number of halogens is 1. The van der Waals surface area contributed by atoms with Crippen LogP contribution in [0, 0.1) is 5.41 Å². The number of anilines is 1. The summed E-state index contributed by atoms with van der Waals surface area (Å²) in [6, 6.07) is 0. The van der Waals surface area contributed by atoms with Crippen LogP contribution in [-0.2, 0) is 6.42 Å². The number of hydrogen-bond acceptors (Lipinski definition) is 3. The Hall–Kier alpha value is -0.640. The predicted octanol–water partition coefficient (Wildman–Crippen LogP) is 2.90. The molecule has 0 saturated heterocycles. The molecule has 3 nitrogen and oxygen atoms in total. The molecule has 1 unspecified atom stereocenters. The fourth-order valence-corrected chi connectivity index (χ4v) is 2.29. The second kappa shape index (κ2) is 3.44. The summed E-state index contributed by atoms with van der Waals surface area (Å²) in [5.74, 6) is 1.97. The highest BCUT2D eigenvalue weighted by Crippen LogP contribution is 2.57. The molecule has 2 N–H and O–H groups in total. The minimum absolute atomic E-state index is 0.352. The van der Waals surface area contributed by atoms with Gasteiger partial charge in [0, 0.05) is 5.92 Å². The van der Waals surface area contributed by atoms with E-state index in [0.29, 0.717) is 17.2 Å². The van der Waals surface area contributed by atoms with Crippen LogP contribution in [0.4, 0.5) is 5.82 Å². The van der Waals surface area contributed by atoms with E-state index in [9.17, 15) is 0 Å². The first-order valence-corrected chi connectivity index (χ1v) is 6.06. The van der Waals surface area contributed by atoms with Crippen LogP contribution in [-0.4, -0.2) is 9.97 Å². The van der Waals surface area contributed by atoms with Gasteiger partial charge < -0.3 is 5.73 Å². The molecule has 0 aromatic carbocycles. The number of nitrogens with two attached hydrogens (primary N) is 1. The lowest BCUT2D eigenvalue weighted by Crippen LogP contribution is -2.05. The summed E-state index contributed by atoms with van der Waals surface area (Å²) >= 11 is 3.42. The number of nitrogens with zero attached hydrogens (tertiary/aromatic N) is 2. The number of hydrogen-bond donors (Lipinski definition) is 1. The Morgan fingerprint density at radius 1 is 1.47 bits per heavy atom. The van der Waals surface area contributed by atoms with Gasteiger partial charge in [-0.3, -0.25) is 0 Å². The van der Waals surface area contributed by atoms with Crippen molar-refractivity contribution < 1.29 is 0 Å². The van der Waals surface area contributed by atoms with E-state index in [4.69, 9.17) is 5.73 Å². The van der Waals surface area contributed by atoms with Crippen molar-refractivity contribution in [2.75, 3.05) is 5.73 Å². The van der Waals surface area contributed by atoms with E-state index in [1.54, 1.807) is 0 Å². The van der Waals surface area contributed by atoms with Crippen molar-refractivity contribution in [2.24, 2.45) is 5.41 Å². The largest absolute Gasteiger partial charge is 0.383 e. The zero-order chi connectivity index (χ0) is 11.2. The average Bonchev–Trinajstić information content (AvgIpc) is 2.80. The van der Waals surface area contributed by atoms with Crippen molar-refractivity contribution in [3.63, 3.8) is 0 Å². The first-order valence-electron chi connectivity index (χ1n) is 5.27. The molecule has 1 aromatic rings. The Labute approximate surface area is 98.6 Å². The van der Waals surface area contributed by atoms with E-state index in [1.165, 1.54) is 0 Å². The van der Waals surface area contributed by atoms with Gasteiger partial charge in [-0.05, 0) is 34.2 Å². The monoisotopic (exact) mass is 269 g/mol. The highest BCUT2D eigenvalue weighted by molar-refractivity contribution is 9.10. The minimum Gasteiger partial charge on any atom is -0.383 e. The van der Waals surface area contributed by atoms with E-state index < -0.39 is 0 Å². The van der Waals surface area contributed by atoms with Crippen LogP contribution in [0.3, 0.4) is 0 Å². The van der Waals surface area contributed by atoms with Crippen molar-refractivity contribution in [3.05, 3.63) is 16.0 Å². The molecule has 1 aliphatic rings. The molecular formula is C11H16BrN3. The Bertz CT molecular complexity index is 401. The molecular weight excluding hydrogens is 254 g/mol. The molecule has 0 amide bonds. The van der Waals surface area contributed by atoms with E-state index >= 15 is 0 Å². The fourth-order valence-electron chi connectivity index (χ4n) is 1.83. The molecule has 0 bridgehead atoms. The van der Waals surface area contributed by atoms with E-state index in [-0.39, 0.29) is 0 Å². The quantitative estimate of drug-likeness (QED) is 0.899. The summed E-state index contributed by atoms with van der Waals surface area (Å²) in [6.07, 6.45) is 2.05. The van der Waals surface area contributed by atoms with Crippen LogP contribution < -0.4 is 5.73 Å². The zero-order valence-electron chi connectivity index (χ0n) is 9.34. The molecule has 1 aliphatic carbocycles. The molecule has 1 heterocycles. The van der Waals surface area contributed by atoms with Crippen LogP contribution in [0.15, 0.2) is 4.47 Å². The fraction of sp³-hybridized carbons (Fsp3) is 0.636. The molecule has 82 valence electrons. The summed E-state index contributed by atoms with van der Waals surface area (Å²) in [5.41, 5.74) is 7.22. The molecule has 0 spiro atoms. The molecule has 4 heteroatoms. The normalized spacial score (nSPS) is 22.8. The maximum atomic E-state index is 5.85. The third-order valence-electron chi connectivity index (χ3n) is 3.12. The second-order valence-electron chi connectivity index (χ2n) is 4.83. The molecule has 1 atom stereocenters. The number of aromatic nitrogens is 2. The van der Waals surface area contributed by atoms with Crippen molar-refractivity contribution >= 4 is 21.7 Å². The Kier molecular flexibility index (Phi) is 2.49. The van der Waals surface area contributed by atoms with Crippen LogP contribution >= 0.6 is 15.9 Å². The van der Waals surface area contributed by atoms with Crippen LogP contribution in [0.5, 0.6) is 0 Å². The first-order chi connectivity index (χ1) is 6.95. The second-order valence-corrected chi connectivity index (χ2v) is 5.62. The van der Waals surface area contributed by atoms with Gasteiger partial charge in [0.1, 0.15) is 11.6 Å². The Morgan fingerprint density at radius 2 is 2.07 bits per heavy atom. The van der Waals surface area contributed by atoms with Gasteiger partial charge in [0.25, 0.3) is 0 Å². The predicted molar refractivity (Wildman–Crippen MR) is 64.7 cm³/mol. The van der Waals surface area contributed by atoms with Gasteiger partial charge in [-0.15, -0.1) is 0 Å². The lowest BCUT2D eigenvalue weighted by atomic mass is 10.1. The van der Waals surface area contributed by atoms with Gasteiger partial charge in [0.05, 0.1) is 10.2 Å². The van der Waals surface area contributed by atoms with Gasteiger partial charge in [-0.2, -0.15) is 0 Å².